The van der Waals surface area contributed by atoms with Crippen LogP contribution in [0.2, 0.25) is 5.02 Å². The van der Waals surface area contributed by atoms with Crippen LogP contribution in [0.3, 0.4) is 0 Å². The number of nitrogens with one attached hydrogen (secondary N) is 3. The third-order valence-electron chi connectivity index (χ3n) is 4.22. The number of rotatable bonds is 3. The van der Waals surface area contributed by atoms with Gasteiger partial charge in [0.2, 0.25) is 5.95 Å². The number of fused-ring (bicyclic) bond motifs is 1. The Morgan fingerprint density at radius 2 is 2.17 bits per heavy atom. The van der Waals surface area contributed by atoms with Gasteiger partial charge in [0.05, 0.1) is 16.9 Å². The van der Waals surface area contributed by atoms with Gasteiger partial charge in [0.25, 0.3) is 0 Å². The zero-order chi connectivity index (χ0) is 15.6. The number of anilines is 1. The molecule has 0 bridgehead atoms. The molecular weight excluding hydrogens is 310 g/mol. The molecule has 0 radical (unpaired) electrons. The van der Waals surface area contributed by atoms with Gasteiger partial charge in [-0.25, -0.2) is 9.97 Å². The van der Waals surface area contributed by atoms with Crippen molar-refractivity contribution in [3.63, 3.8) is 0 Å². The summed E-state index contributed by atoms with van der Waals surface area (Å²) in [7, 11) is 0. The highest BCUT2D eigenvalue weighted by Crippen LogP contribution is 2.32. The molecule has 6 heteroatoms. The zero-order valence-corrected chi connectivity index (χ0v) is 13.4. The third-order valence-corrected chi connectivity index (χ3v) is 4.50. The molecule has 0 saturated carbocycles. The summed E-state index contributed by atoms with van der Waals surface area (Å²) in [5.41, 5.74) is 2.83. The summed E-state index contributed by atoms with van der Waals surface area (Å²) < 4.78 is 0. The van der Waals surface area contributed by atoms with Gasteiger partial charge in [-0.05, 0) is 25.5 Å². The molecule has 1 atom stereocenters. The monoisotopic (exact) mass is 327 g/mol. The van der Waals surface area contributed by atoms with Crippen molar-refractivity contribution in [1.82, 2.24) is 20.3 Å². The van der Waals surface area contributed by atoms with Crippen molar-refractivity contribution < 1.29 is 0 Å². The van der Waals surface area contributed by atoms with Crippen molar-refractivity contribution in [1.29, 1.82) is 0 Å². The molecule has 5 nitrogen and oxygen atoms in total. The van der Waals surface area contributed by atoms with Crippen LogP contribution in [0.4, 0.5) is 5.95 Å². The predicted molar refractivity (Wildman–Crippen MR) is 93.8 cm³/mol. The van der Waals surface area contributed by atoms with Crippen LogP contribution in [0.5, 0.6) is 0 Å². The Morgan fingerprint density at radius 3 is 3.04 bits per heavy atom. The summed E-state index contributed by atoms with van der Waals surface area (Å²) in [6.07, 6.45) is 5.91. The maximum Gasteiger partial charge on any atom is 0.223 e. The fraction of sp³-hybridized carbons (Fsp3) is 0.294. The van der Waals surface area contributed by atoms with E-state index in [1.54, 1.807) is 6.20 Å². The second kappa shape index (κ2) is 6.18. The van der Waals surface area contributed by atoms with Crippen LogP contribution in [0, 0.1) is 0 Å². The van der Waals surface area contributed by atoms with Gasteiger partial charge in [0.1, 0.15) is 0 Å². The number of halogens is 1. The van der Waals surface area contributed by atoms with Crippen LogP contribution < -0.4 is 10.6 Å². The number of piperidine rings is 1. The summed E-state index contributed by atoms with van der Waals surface area (Å²) in [5.74, 6) is 0.628. The lowest BCUT2D eigenvalue weighted by Gasteiger charge is -2.23. The molecular formula is C17H18ClN5. The molecule has 23 heavy (non-hydrogen) atoms. The quantitative estimate of drug-likeness (QED) is 0.689. The van der Waals surface area contributed by atoms with Crippen molar-refractivity contribution in [2.24, 2.45) is 0 Å². The number of hydrogen-bond donors (Lipinski definition) is 3. The number of para-hydroxylation sites is 1. The van der Waals surface area contributed by atoms with Crippen molar-refractivity contribution >= 4 is 28.5 Å². The molecule has 1 aliphatic rings. The summed E-state index contributed by atoms with van der Waals surface area (Å²) in [6.45, 7) is 2.02. The van der Waals surface area contributed by atoms with E-state index < -0.39 is 0 Å². The number of benzene rings is 1. The molecule has 0 unspecified atom stereocenters. The van der Waals surface area contributed by atoms with E-state index in [2.05, 4.69) is 31.7 Å². The molecule has 0 amide bonds. The third kappa shape index (κ3) is 2.90. The highest BCUT2D eigenvalue weighted by atomic mass is 35.5. The van der Waals surface area contributed by atoms with E-state index in [1.807, 2.05) is 24.4 Å². The minimum atomic E-state index is 0.362. The van der Waals surface area contributed by atoms with Gasteiger partial charge in [-0.15, -0.1) is 0 Å². The predicted octanol–water partition coefficient (Wildman–Crippen LogP) is 3.44. The fourth-order valence-corrected chi connectivity index (χ4v) is 3.24. The Labute approximate surface area is 139 Å². The van der Waals surface area contributed by atoms with Crippen LogP contribution >= 0.6 is 11.6 Å². The first-order chi connectivity index (χ1) is 11.3. The van der Waals surface area contributed by atoms with Crippen LogP contribution in [-0.4, -0.2) is 34.1 Å². The lowest BCUT2D eigenvalue weighted by molar-refractivity contribution is 0.478. The first-order valence-electron chi connectivity index (χ1n) is 7.87. The molecule has 1 saturated heterocycles. The molecule has 4 rings (SSSR count). The second-order valence-electron chi connectivity index (χ2n) is 5.83. The molecule has 0 aliphatic carbocycles. The number of nitrogens with zero attached hydrogens (tertiary/aromatic N) is 2. The summed E-state index contributed by atoms with van der Waals surface area (Å²) >= 11 is 6.35. The largest absolute Gasteiger partial charge is 0.360 e. The van der Waals surface area contributed by atoms with Crippen molar-refractivity contribution in [2.45, 2.75) is 18.9 Å². The molecule has 1 fully saturated rings. The first kappa shape index (κ1) is 14.5. The zero-order valence-electron chi connectivity index (χ0n) is 12.6. The topological polar surface area (TPSA) is 65.6 Å². The van der Waals surface area contributed by atoms with Gasteiger partial charge < -0.3 is 15.6 Å². The lowest BCUT2D eigenvalue weighted by atomic mass is 10.1. The van der Waals surface area contributed by atoms with Gasteiger partial charge in [0.15, 0.2) is 0 Å². The van der Waals surface area contributed by atoms with Gasteiger partial charge in [0, 0.05) is 35.2 Å². The molecule has 3 aromatic rings. The number of H-pyrrole nitrogens is 1. The number of hydrogen-bond acceptors (Lipinski definition) is 4. The Hall–Kier alpha value is -2.11. The van der Waals surface area contributed by atoms with Gasteiger partial charge in [-0.1, -0.05) is 29.8 Å². The molecule has 118 valence electrons. The van der Waals surface area contributed by atoms with Gasteiger partial charge in [-0.2, -0.15) is 0 Å². The molecule has 3 N–H and O–H groups in total. The summed E-state index contributed by atoms with van der Waals surface area (Å²) in [5, 5.41) is 8.46. The fourth-order valence-electron chi connectivity index (χ4n) is 3.05. The average molecular weight is 328 g/mol. The van der Waals surface area contributed by atoms with E-state index in [4.69, 9.17) is 11.6 Å². The van der Waals surface area contributed by atoms with Crippen molar-refractivity contribution in [3.05, 3.63) is 41.7 Å². The smallest absolute Gasteiger partial charge is 0.223 e. The minimum Gasteiger partial charge on any atom is -0.360 e. The number of aromatic amines is 1. The Kier molecular flexibility index (Phi) is 3.89. The lowest BCUT2D eigenvalue weighted by Crippen LogP contribution is -2.38. The van der Waals surface area contributed by atoms with Gasteiger partial charge in [-0.3, -0.25) is 0 Å². The molecule has 2 aromatic heterocycles. The summed E-state index contributed by atoms with van der Waals surface area (Å²) in [6, 6.07) is 8.49. The molecule has 1 aliphatic heterocycles. The van der Waals surface area contributed by atoms with Crippen LogP contribution in [0.25, 0.3) is 22.2 Å². The van der Waals surface area contributed by atoms with Crippen molar-refractivity contribution in [2.75, 3.05) is 18.4 Å². The Morgan fingerprint density at radius 1 is 1.26 bits per heavy atom. The number of aromatic nitrogens is 3. The molecule has 1 aromatic carbocycles. The van der Waals surface area contributed by atoms with E-state index in [-0.39, 0.29) is 0 Å². The summed E-state index contributed by atoms with van der Waals surface area (Å²) in [4.78, 5) is 12.3. The van der Waals surface area contributed by atoms with Gasteiger partial charge >= 0.3 is 0 Å². The maximum atomic E-state index is 6.35. The SMILES string of the molecule is Clc1cnc(N[C@@H]2CCCNC2)nc1-c1c[nH]c2ccccc12. The second-order valence-corrected chi connectivity index (χ2v) is 6.23. The highest BCUT2D eigenvalue weighted by Gasteiger charge is 2.16. The minimum absolute atomic E-state index is 0.362. The van der Waals surface area contributed by atoms with Crippen LogP contribution in [0.1, 0.15) is 12.8 Å². The van der Waals surface area contributed by atoms with E-state index in [0.29, 0.717) is 17.0 Å². The Bertz CT molecular complexity index is 823. The van der Waals surface area contributed by atoms with Crippen LogP contribution in [0.15, 0.2) is 36.7 Å². The van der Waals surface area contributed by atoms with Crippen LogP contribution in [-0.2, 0) is 0 Å². The van der Waals surface area contributed by atoms with E-state index in [9.17, 15) is 0 Å². The first-order valence-corrected chi connectivity index (χ1v) is 8.25. The van der Waals surface area contributed by atoms with E-state index in [1.165, 1.54) is 6.42 Å². The van der Waals surface area contributed by atoms with Crippen molar-refractivity contribution in [3.8, 4) is 11.3 Å². The van der Waals surface area contributed by atoms with E-state index in [0.717, 1.165) is 41.7 Å². The molecule has 0 spiro atoms. The normalized spacial score (nSPS) is 18.2. The standard InChI is InChI=1S/C17H18ClN5/c18-14-10-21-17(22-11-4-3-7-19-8-11)23-16(14)13-9-20-15-6-2-1-5-12(13)15/h1-2,5-6,9-11,19-20H,3-4,7-8H2,(H,21,22,23)/t11-/m1/s1. The highest BCUT2D eigenvalue weighted by molar-refractivity contribution is 6.33. The average Bonchev–Trinajstić information content (AvgIpc) is 3.01. The molecule has 3 heterocycles. The van der Waals surface area contributed by atoms with E-state index >= 15 is 0 Å². The Balaban J connectivity index is 1.69. The maximum absolute atomic E-state index is 6.35.